The van der Waals surface area contributed by atoms with Crippen molar-refractivity contribution in [3.63, 3.8) is 0 Å². The number of nitrogens with one attached hydrogen (secondary N) is 2. The van der Waals surface area contributed by atoms with Crippen molar-refractivity contribution in [1.29, 1.82) is 0 Å². The Morgan fingerprint density at radius 1 is 1.32 bits per heavy atom. The summed E-state index contributed by atoms with van der Waals surface area (Å²) >= 11 is 5.81. The molecule has 96 valence electrons. The lowest BCUT2D eigenvalue weighted by atomic mass is 10.2. The molecule has 0 atom stereocenters. The topological polar surface area (TPSA) is 113 Å². The molecule has 0 spiro atoms. The van der Waals surface area contributed by atoms with E-state index in [1.54, 1.807) is 12.3 Å². The molecule has 0 unspecified atom stereocenters. The van der Waals surface area contributed by atoms with Gasteiger partial charge in [-0.1, -0.05) is 11.6 Å². The Labute approximate surface area is 111 Å². The summed E-state index contributed by atoms with van der Waals surface area (Å²) in [6, 6.07) is 3.56. The highest BCUT2D eigenvalue weighted by atomic mass is 35.5. The number of nitrogens with zero attached hydrogens (tertiary/aromatic N) is 3. The van der Waals surface area contributed by atoms with Gasteiger partial charge in [0.25, 0.3) is 5.56 Å². The maximum atomic E-state index is 11.6. The molecule has 3 heterocycles. The summed E-state index contributed by atoms with van der Waals surface area (Å²) in [6.45, 7) is 0. The summed E-state index contributed by atoms with van der Waals surface area (Å²) in [5, 5.41) is 0.411. The number of aromatic amines is 2. The van der Waals surface area contributed by atoms with Gasteiger partial charge in [0, 0.05) is 12.6 Å². The SMILES string of the molecule is Nc1nc2nc(Cc3ccnc(Cl)c3)[nH]c2c(=O)[nH]1. The van der Waals surface area contributed by atoms with Crippen molar-refractivity contribution in [2.45, 2.75) is 6.42 Å². The number of hydrogen-bond acceptors (Lipinski definition) is 5. The average molecular weight is 277 g/mol. The van der Waals surface area contributed by atoms with Gasteiger partial charge in [-0.15, -0.1) is 0 Å². The summed E-state index contributed by atoms with van der Waals surface area (Å²) in [6.07, 6.45) is 2.11. The van der Waals surface area contributed by atoms with Crippen LogP contribution in [0.5, 0.6) is 0 Å². The molecule has 7 nitrogen and oxygen atoms in total. The van der Waals surface area contributed by atoms with Gasteiger partial charge in [-0.2, -0.15) is 4.98 Å². The van der Waals surface area contributed by atoms with E-state index in [1.165, 1.54) is 0 Å². The van der Waals surface area contributed by atoms with E-state index < -0.39 is 0 Å². The molecule has 8 heteroatoms. The van der Waals surface area contributed by atoms with Gasteiger partial charge in [0.15, 0.2) is 11.2 Å². The van der Waals surface area contributed by atoms with Crippen LogP contribution in [0.4, 0.5) is 5.95 Å². The summed E-state index contributed by atoms with van der Waals surface area (Å²) in [5.74, 6) is 0.656. The molecule has 0 radical (unpaired) electrons. The molecule has 0 fully saturated rings. The zero-order valence-corrected chi connectivity index (χ0v) is 10.4. The van der Waals surface area contributed by atoms with Gasteiger partial charge >= 0.3 is 0 Å². The minimum absolute atomic E-state index is 0.0440. The lowest BCUT2D eigenvalue weighted by Gasteiger charge is -1.97. The summed E-state index contributed by atoms with van der Waals surface area (Å²) in [4.78, 5) is 29.1. The minimum Gasteiger partial charge on any atom is -0.369 e. The number of nitrogens with two attached hydrogens (primary N) is 1. The number of nitrogen functional groups attached to an aromatic ring is 1. The third-order valence-electron chi connectivity index (χ3n) is 2.59. The monoisotopic (exact) mass is 276 g/mol. The second-order valence-electron chi connectivity index (χ2n) is 4.00. The Morgan fingerprint density at radius 3 is 2.95 bits per heavy atom. The predicted molar refractivity (Wildman–Crippen MR) is 71.0 cm³/mol. The molecule has 0 bridgehead atoms. The highest BCUT2D eigenvalue weighted by Crippen LogP contribution is 2.12. The molecule has 3 aromatic heterocycles. The summed E-state index contributed by atoms with van der Waals surface area (Å²) in [7, 11) is 0. The van der Waals surface area contributed by atoms with Crippen LogP contribution < -0.4 is 11.3 Å². The van der Waals surface area contributed by atoms with Gasteiger partial charge in [0.05, 0.1) is 0 Å². The maximum absolute atomic E-state index is 11.6. The third kappa shape index (κ3) is 2.27. The number of pyridine rings is 1. The number of halogens is 1. The van der Waals surface area contributed by atoms with Crippen LogP contribution in [0.1, 0.15) is 11.4 Å². The maximum Gasteiger partial charge on any atom is 0.278 e. The first-order valence-electron chi connectivity index (χ1n) is 5.46. The Bertz CT molecular complexity index is 808. The summed E-state index contributed by atoms with van der Waals surface area (Å²) in [5.41, 5.74) is 6.67. The zero-order valence-electron chi connectivity index (χ0n) is 9.64. The second kappa shape index (κ2) is 4.36. The fourth-order valence-corrected chi connectivity index (χ4v) is 2.00. The lowest BCUT2D eigenvalue weighted by Crippen LogP contribution is -2.10. The van der Waals surface area contributed by atoms with Crippen LogP contribution in [0.3, 0.4) is 0 Å². The van der Waals surface area contributed by atoms with Crippen molar-refractivity contribution >= 4 is 28.7 Å². The molecule has 0 aliphatic heterocycles. The van der Waals surface area contributed by atoms with Gasteiger partial charge in [0.1, 0.15) is 11.0 Å². The molecule has 0 saturated carbocycles. The van der Waals surface area contributed by atoms with Crippen LogP contribution in [0.2, 0.25) is 5.15 Å². The van der Waals surface area contributed by atoms with Gasteiger partial charge < -0.3 is 10.7 Å². The largest absolute Gasteiger partial charge is 0.369 e. The van der Waals surface area contributed by atoms with E-state index in [0.29, 0.717) is 28.6 Å². The van der Waals surface area contributed by atoms with Crippen molar-refractivity contribution in [2.75, 3.05) is 5.73 Å². The van der Waals surface area contributed by atoms with Crippen LogP contribution in [0.15, 0.2) is 23.1 Å². The third-order valence-corrected chi connectivity index (χ3v) is 2.80. The first-order valence-corrected chi connectivity index (χ1v) is 5.84. The Morgan fingerprint density at radius 2 is 2.16 bits per heavy atom. The molecule has 3 rings (SSSR count). The van der Waals surface area contributed by atoms with E-state index in [2.05, 4.69) is 24.9 Å². The molecule has 0 saturated heterocycles. The fourth-order valence-electron chi connectivity index (χ4n) is 1.80. The standard InChI is InChI=1S/C11H9ClN6O/c12-6-3-5(1-2-14-6)4-7-15-8-9(16-7)17-11(13)18-10(8)19/h1-3H,4H2,(H4,13,15,16,17,18,19). The number of anilines is 1. The molecular formula is C11H9ClN6O. The normalized spacial score (nSPS) is 11.0. The number of H-pyrrole nitrogens is 2. The smallest absolute Gasteiger partial charge is 0.278 e. The van der Waals surface area contributed by atoms with Gasteiger partial charge in [0.2, 0.25) is 5.95 Å². The predicted octanol–water partition coefficient (Wildman–Crippen LogP) is 0.868. The van der Waals surface area contributed by atoms with Crippen molar-refractivity contribution in [1.82, 2.24) is 24.9 Å². The molecule has 3 aromatic rings. The molecule has 0 aliphatic carbocycles. The van der Waals surface area contributed by atoms with Gasteiger partial charge in [-0.25, -0.2) is 9.97 Å². The van der Waals surface area contributed by atoms with E-state index in [-0.39, 0.29) is 11.5 Å². The van der Waals surface area contributed by atoms with Gasteiger partial charge in [-0.3, -0.25) is 9.78 Å². The van der Waals surface area contributed by atoms with Crippen LogP contribution in [-0.2, 0) is 6.42 Å². The second-order valence-corrected chi connectivity index (χ2v) is 4.38. The average Bonchev–Trinajstić information content (AvgIpc) is 2.71. The first kappa shape index (κ1) is 11.7. The number of rotatable bonds is 2. The summed E-state index contributed by atoms with van der Waals surface area (Å²) < 4.78 is 0. The zero-order chi connectivity index (χ0) is 13.4. The van der Waals surface area contributed by atoms with E-state index in [4.69, 9.17) is 17.3 Å². The van der Waals surface area contributed by atoms with Crippen LogP contribution in [0.25, 0.3) is 11.2 Å². The highest BCUT2D eigenvalue weighted by molar-refractivity contribution is 6.29. The molecule has 19 heavy (non-hydrogen) atoms. The van der Waals surface area contributed by atoms with Crippen molar-refractivity contribution in [2.24, 2.45) is 0 Å². The number of fused-ring (bicyclic) bond motifs is 1. The molecule has 0 aromatic carbocycles. The van der Waals surface area contributed by atoms with E-state index in [1.807, 2.05) is 6.07 Å². The molecule has 0 aliphatic rings. The highest BCUT2D eigenvalue weighted by Gasteiger charge is 2.09. The Hall–Kier alpha value is -2.41. The van der Waals surface area contributed by atoms with Crippen molar-refractivity contribution in [3.05, 3.63) is 45.2 Å². The van der Waals surface area contributed by atoms with E-state index >= 15 is 0 Å². The van der Waals surface area contributed by atoms with E-state index in [0.717, 1.165) is 5.56 Å². The number of hydrogen-bond donors (Lipinski definition) is 3. The van der Waals surface area contributed by atoms with Crippen molar-refractivity contribution in [3.8, 4) is 0 Å². The lowest BCUT2D eigenvalue weighted by molar-refractivity contribution is 1.03. The molecule has 0 amide bonds. The number of aromatic nitrogens is 5. The minimum atomic E-state index is -0.339. The van der Waals surface area contributed by atoms with Crippen molar-refractivity contribution < 1.29 is 0 Å². The first-order chi connectivity index (χ1) is 9.11. The van der Waals surface area contributed by atoms with E-state index in [9.17, 15) is 4.79 Å². The molecular weight excluding hydrogens is 268 g/mol. The fraction of sp³-hybridized carbons (Fsp3) is 0.0909. The van der Waals surface area contributed by atoms with Crippen LogP contribution in [0, 0.1) is 0 Å². The van der Waals surface area contributed by atoms with Crippen LogP contribution >= 0.6 is 11.6 Å². The Kier molecular flexibility index (Phi) is 2.68. The van der Waals surface area contributed by atoms with Gasteiger partial charge in [-0.05, 0) is 17.7 Å². The number of imidazole rings is 1. The quantitative estimate of drug-likeness (QED) is 0.601. The van der Waals surface area contributed by atoms with Crippen LogP contribution in [-0.4, -0.2) is 24.9 Å². The Balaban J connectivity index is 2.02. The molecule has 4 N–H and O–H groups in total.